The first-order chi connectivity index (χ1) is 11.4. The first-order valence-electron chi connectivity index (χ1n) is 10.9. The Labute approximate surface area is 147 Å². The fourth-order valence-corrected chi connectivity index (χ4v) is 3.90. The van der Waals surface area contributed by atoms with Crippen molar-refractivity contribution >= 4 is 0 Å². The Morgan fingerprint density at radius 3 is 1.39 bits per heavy atom. The normalized spacial score (nSPS) is 16.0. The molecule has 0 bridgehead atoms. The molecule has 137 valence electrons. The maximum Gasteiger partial charge on any atom is -0.00463 e. The Morgan fingerprint density at radius 1 is 0.565 bits per heavy atom. The molecule has 1 heteroatoms. The minimum absolute atomic E-state index is 1.04. The molecule has 0 amide bonds. The molecule has 0 aromatic rings. The lowest BCUT2D eigenvalue weighted by Gasteiger charge is -2.22. The van der Waals surface area contributed by atoms with Gasteiger partial charge in [-0.25, -0.2) is 0 Å². The lowest BCUT2D eigenvalue weighted by molar-refractivity contribution is 0.342. The van der Waals surface area contributed by atoms with Gasteiger partial charge in [-0.15, -0.1) is 0 Å². The van der Waals surface area contributed by atoms with Crippen molar-refractivity contribution in [3.8, 4) is 0 Å². The van der Waals surface area contributed by atoms with Gasteiger partial charge in [0.15, 0.2) is 0 Å². The molecule has 0 atom stereocenters. The van der Waals surface area contributed by atoms with Crippen LogP contribution in [0.5, 0.6) is 0 Å². The van der Waals surface area contributed by atoms with E-state index in [9.17, 15) is 0 Å². The summed E-state index contributed by atoms with van der Waals surface area (Å²) in [6.45, 7) is 6.43. The van der Waals surface area contributed by atoms with Gasteiger partial charge in [0.25, 0.3) is 0 Å². The predicted molar refractivity (Wildman–Crippen MR) is 105 cm³/mol. The molecule has 1 saturated heterocycles. The van der Waals surface area contributed by atoms with Crippen LogP contribution in [0.2, 0.25) is 0 Å². The van der Waals surface area contributed by atoms with Crippen molar-refractivity contribution in [1.29, 1.82) is 0 Å². The number of hydrogen-bond acceptors (Lipinski definition) is 1. The standard InChI is InChI=1S/C22H44N/c1-2-3-4-5-6-7-8-9-10-11-12-13-14-15-16-17-22-18-20-23-21-19-22/h22-23H,1-21H2. The van der Waals surface area contributed by atoms with Crippen LogP contribution in [0.15, 0.2) is 0 Å². The molecule has 0 saturated carbocycles. The average molecular weight is 323 g/mol. The number of hydrogen-bond donors (Lipinski definition) is 1. The van der Waals surface area contributed by atoms with E-state index in [4.69, 9.17) is 0 Å². The second-order valence-corrected chi connectivity index (χ2v) is 7.79. The smallest absolute Gasteiger partial charge is 0.00463 e. The summed E-state index contributed by atoms with van der Waals surface area (Å²) >= 11 is 0. The van der Waals surface area contributed by atoms with Crippen molar-refractivity contribution < 1.29 is 0 Å². The fourth-order valence-electron chi connectivity index (χ4n) is 3.90. The van der Waals surface area contributed by atoms with Gasteiger partial charge >= 0.3 is 0 Å². The predicted octanol–water partition coefficient (Wildman–Crippen LogP) is 7.06. The van der Waals surface area contributed by atoms with Crippen molar-refractivity contribution in [3.63, 3.8) is 0 Å². The lowest BCUT2D eigenvalue weighted by Crippen LogP contribution is -2.27. The van der Waals surface area contributed by atoms with E-state index >= 15 is 0 Å². The van der Waals surface area contributed by atoms with Gasteiger partial charge in [-0.3, -0.25) is 0 Å². The van der Waals surface area contributed by atoms with E-state index in [1.807, 2.05) is 0 Å². The van der Waals surface area contributed by atoms with Crippen molar-refractivity contribution in [2.75, 3.05) is 13.1 Å². The van der Waals surface area contributed by atoms with E-state index in [2.05, 4.69) is 12.2 Å². The van der Waals surface area contributed by atoms with Crippen molar-refractivity contribution in [3.05, 3.63) is 6.92 Å². The fraction of sp³-hybridized carbons (Fsp3) is 0.955. The highest BCUT2D eigenvalue weighted by molar-refractivity contribution is 4.68. The minimum atomic E-state index is 1.04. The highest BCUT2D eigenvalue weighted by Crippen LogP contribution is 2.20. The molecule has 1 heterocycles. The van der Waals surface area contributed by atoms with Gasteiger partial charge in [0.1, 0.15) is 0 Å². The zero-order valence-electron chi connectivity index (χ0n) is 15.9. The van der Waals surface area contributed by atoms with Crippen LogP contribution in [0.25, 0.3) is 0 Å². The Kier molecular flexibility index (Phi) is 15.3. The summed E-state index contributed by atoms with van der Waals surface area (Å²) in [5.41, 5.74) is 0. The van der Waals surface area contributed by atoms with Gasteiger partial charge in [-0.1, -0.05) is 110 Å². The molecular formula is C22H44N. The molecule has 1 rings (SSSR count). The molecule has 1 aliphatic heterocycles. The van der Waals surface area contributed by atoms with Crippen molar-refractivity contribution in [2.45, 2.75) is 116 Å². The Hall–Kier alpha value is -0.0400. The van der Waals surface area contributed by atoms with Crippen molar-refractivity contribution in [2.24, 2.45) is 5.92 Å². The molecule has 0 aliphatic carbocycles. The van der Waals surface area contributed by atoms with E-state index in [0.29, 0.717) is 0 Å². The van der Waals surface area contributed by atoms with Gasteiger partial charge in [0.05, 0.1) is 0 Å². The van der Waals surface area contributed by atoms with Crippen LogP contribution >= 0.6 is 0 Å². The van der Waals surface area contributed by atoms with Gasteiger partial charge in [-0.05, 0) is 31.8 Å². The molecule has 0 aromatic carbocycles. The number of rotatable bonds is 16. The molecule has 0 spiro atoms. The Bertz CT molecular complexity index is 220. The van der Waals surface area contributed by atoms with Crippen LogP contribution < -0.4 is 5.32 Å². The lowest BCUT2D eigenvalue weighted by atomic mass is 9.92. The number of piperidine rings is 1. The highest BCUT2D eigenvalue weighted by Gasteiger charge is 2.11. The second kappa shape index (κ2) is 16.8. The maximum absolute atomic E-state index is 3.90. The van der Waals surface area contributed by atoms with Crippen LogP contribution in [0.3, 0.4) is 0 Å². The zero-order chi connectivity index (χ0) is 16.4. The van der Waals surface area contributed by atoms with Gasteiger partial charge in [0.2, 0.25) is 0 Å². The first-order valence-corrected chi connectivity index (χ1v) is 10.9. The molecule has 1 aliphatic rings. The van der Waals surface area contributed by atoms with E-state index in [-0.39, 0.29) is 0 Å². The largest absolute Gasteiger partial charge is 0.317 e. The van der Waals surface area contributed by atoms with E-state index in [0.717, 1.165) is 12.3 Å². The minimum Gasteiger partial charge on any atom is -0.317 e. The van der Waals surface area contributed by atoms with Gasteiger partial charge in [0, 0.05) is 0 Å². The van der Waals surface area contributed by atoms with E-state index in [1.54, 1.807) is 0 Å². The van der Waals surface area contributed by atoms with Crippen LogP contribution in [0.1, 0.15) is 116 Å². The molecule has 0 unspecified atom stereocenters. The second-order valence-electron chi connectivity index (χ2n) is 7.79. The monoisotopic (exact) mass is 322 g/mol. The third kappa shape index (κ3) is 14.0. The van der Waals surface area contributed by atoms with E-state index < -0.39 is 0 Å². The van der Waals surface area contributed by atoms with Gasteiger partial charge < -0.3 is 5.32 Å². The van der Waals surface area contributed by atoms with Crippen LogP contribution in [0, 0.1) is 12.8 Å². The van der Waals surface area contributed by atoms with Crippen LogP contribution in [-0.4, -0.2) is 13.1 Å². The Balaban J connectivity index is 1.67. The maximum atomic E-state index is 3.90. The average Bonchev–Trinajstić information content (AvgIpc) is 2.59. The Morgan fingerprint density at radius 2 is 0.957 bits per heavy atom. The quantitative estimate of drug-likeness (QED) is 0.300. The molecule has 23 heavy (non-hydrogen) atoms. The van der Waals surface area contributed by atoms with Crippen molar-refractivity contribution in [1.82, 2.24) is 5.32 Å². The highest BCUT2D eigenvalue weighted by atomic mass is 14.9. The molecule has 1 radical (unpaired) electrons. The SMILES string of the molecule is [CH2]CCCCCCCCCCCCCCCCC1CCNCC1. The summed E-state index contributed by atoms with van der Waals surface area (Å²) < 4.78 is 0. The summed E-state index contributed by atoms with van der Waals surface area (Å²) in [6, 6.07) is 0. The van der Waals surface area contributed by atoms with E-state index in [1.165, 1.54) is 122 Å². The summed E-state index contributed by atoms with van der Waals surface area (Å²) in [6.07, 6.45) is 25.9. The summed E-state index contributed by atoms with van der Waals surface area (Å²) in [4.78, 5) is 0. The molecule has 1 N–H and O–H groups in total. The summed E-state index contributed by atoms with van der Waals surface area (Å²) in [5.74, 6) is 1.04. The van der Waals surface area contributed by atoms with Gasteiger partial charge in [-0.2, -0.15) is 0 Å². The third-order valence-corrected chi connectivity index (χ3v) is 5.57. The molecular weight excluding hydrogens is 278 g/mol. The molecule has 0 aromatic heterocycles. The summed E-state index contributed by atoms with van der Waals surface area (Å²) in [7, 11) is 0. The van der Waals surface area contributed by atoms with Crippen LogP contribution in [-0.2, 0) is 0 Å². The van der Waals surface area contributed by atoms with Crippen LogP contribution in [0.4, 0.5) is 0 Å². The zero-order valence-corrected chi connectivity index (χ0v) is 15.9. The first kappa shape index (κ1) is 21.0. The molecule has 1 nitrogen and oxygen atoms in total. The molecule has 1 fully saturated rings. The number of unbranched alkanes of at least 4 members (excludes halogenated alkanes) is 14. The third-order valence-electron chi connectivity index (χ3n) is 5.57. The topological polar surface area (TPSA) is 12.0 Å². The summed E-state index contributed by atoms with van der Waals surface area (Å²) in [5, 5.41) is 3.47. The number of nitrogens with one attached hydrogen (secondary N) is 1.